The number of hydrogen-bond donors (Lipinski definition) is 0. The third-order valence-corrected chi connectivity index (χ3v) is 5.76. The molecule has 5 rings (SSSR count). The maximum Gasteiger partial charge on any atom is 0.151 e. The van der Waals surface area contributed by atoms with E-state index in [0.717, 1.165) is 67.5 Å². The summed E-state index contributed by atoms with van der Waals surface area (Å²) in [5.74, 6) is 2.05. The summed E-state index contributed by atoms with van der Waals surface area (Å²) >= 11 is 0. The molecule has 3 aromatic rings. The van der Waals surface area contributed by atoms with Crippen LogP contribution in [0.5, 0.6) is 0 Å². The number of fused-ring (bicyclic) bond motifs is 1. The van der Waals surface area contributed by atoms with Crippen molar-refractivity contribution in [2.75, 3.05) is 54.0 Å². The van der Waals surface area contributed by atoms with Crippen molar-refractivity contribution in [3.05, 3.63) is 42.4 Å². The van der Waals surface area contributed by atoms with Gasteiger partial charge in [-0.2, -0.15) is 5.10 Å². The molecule has 0 aliphatic carbocycles. The van der Waals surface area contributed by atoms with Crippen molar-refractivity contribution in [3.63, 3.8) is 0 Å². The molecule has 144 valence electrons. The molecule has 0 amide bonds. The number of hydrogen-bond acceptors (Lipinski definition) is 7. The van der Waals surface area contributed by atoms with Crippen molar-refractivity contribution in [1.82, 2.24) is 20.2 Å². The van der Waals surface area contributed by atoms with Gasteiger partial charge in [0.25, 0.3) is 0 Å². The van der Waals surface area contributed by atoms with Crippen LogP contribution in [-0.2, 0) is 0 Å². The van der Waals surface area contributed by atoms with Crippen LogP contribution in [0, 0.1) is 6.92 Å². The van der Waals surface area contributed by atoms with Gasteiger partial charge in [-0.25, -0.2) is 9.97 Å². The predicted octanol–water partition coefficient (Wildman–Crippen LogP) is 2.66. The van der Waals surface area contributed by atoms with Gasteiger partial charge >= 0.3 is 0 Å². The number of piperazine rings is 1. The highest BCUT2D eigenvalue weighted by Crippen LogP contribution is 2.30. The summed E-state index contributed by atoms with van der Waals surface area (Å²) in [4.78, 5) is 16.2. The van der Waals surface area contributed by atoms with Crippen LogP contribution < -0.4 is 14.7 Å². The van der Waals surface area contributed by atoms with E-state index in [1.54, 1.807) is 6.33 Å². The number of benzene rings is 1. The molecule has 0 atom stereocenters. The van der Waals surface area contributed by atoms with Gasteiger partial charge in [0.15, 0.2) is 5.82 Å². The van der Waals surface area contributed by atoms with Crippen LogP contribution in [0.25, 0.3) is 10.9 Å². The van der Waals surface area contributed by atoms with E-state index >= 15 is 0 Å². The monoisotopic (exact) mass is 375 g/mol. The summed E-state index contributed by atoms with van der Waals surface area (Å²) in [6.07, 6.45) is 4.18. The van der Waals surface area contributed by atoms with E-state index in [2.05, 4.69) is 59.1 Å². The van der Waals surface area contributed by atoms with Crippen molar-refractivity contribution in [3.8, 4) is 0 Å². The Morgan fingerprint density at radius 2 is 1.54 bits per heavy atom. The first-order valence-electron chi connectivity index (χ1n) is 10.1. The van der Waals surface area contributed by atoms with Crippen LogP contribution >= 0.6 is 0 Å². The van der Waals surface area contributed by atoms with Gasteiger partial charge in [-0.05, 0) is 50.1 Å². The first-order chi connectivity index (χ1) is 13.8. The van der Waals surface area contributed by atoms with Gasteiger partial charge in [0, 0.05) is 50.3 Å². The Balaban J connectivity index is 1.36. The maximum atomic E-state index is 4.61. The van der Waals surface area contributed by atoms with E-state index < -0.39 is 0 Å². The zero-order valence-corrected chi connectivity index (χ0v) is 16.3. The van der Waals surface area contributed by atoms with Gasteiger partial charge in [-0.3, -0.25) is 0 Å². The molecular formula is C21H25N7. The minimum Gasteiger partial charge on any atom is -0.368 e. The molecule has 28 heavy (non-hydrogen) atoms. The summed E-state index contributed by atoms with van der Waals surface area (Å²) in [5.41, 5.74) is 3.22. The van der Waals surface area contributed by atoms with Crippen molar-refractivity contribution in [1.29, 1.82) is 0 Å². The van der Waals surface area contributed by atoms with E-state index in [9.17, 15) is 0 Å². The molecule has 2 aromatic heterocycles. The predicted molar refractivity (Wildman–Crippen MR) is 112 cm³/mol. The van der Waals surface area contributed by atoms with Crippen molar-refractivity contribution in [2.45, 2.75) is 19.8 Å². The quantitative estimate of drug-likeness (QED) is 0.697. The highest BCUT2D eigenvalue weighted by Gasteiger charge is 2.21. The van der Waals surface area contributed by atoms with Crippen LogP contribution in [0.1, 0.15) is 18.5 Å². The molecule has 7 nitrogen and oxygen atoms in total. The molecule has 0 N–H and O–H groups in total. The SMILES string of the molecule is Cc1ccc(N2CCN(c3ccc4ncnc(N5CCCC5)c4c3)CC2)nn1. The molecule has 2 saturated heterocycles. The minimum absolute atomic E-state index is 0.944. The molecule has 0 radical (unpaired) electrons. The van der Waals surface area contributed by atoms with Gasteiger partial charge in [-0.15, -0.1) is 5.10 Å². The Bertz CT molecular complexity index is 958. The summed E-state index contributed by atoms with van der Waals surface area (Å²) in [7, 11) is 0. The lowest BCUT2D eigenvalue weighted by atomic mass is 10.1. The molecule has 0 bridgehead atoms. The van der Waals surface area contributed by atoms with E-state index in [1.165, 1.54) is 18.5 Å². The van der Waals surface area contributed by atoms with Gasteiger partial charge in [0.1, 0.15) is 12.1 Å². The van der Waals surface area contributed by atoms with Gasteiger partial charge in [0.2, 0.25) is 0 Å². The zero-order valence-electron chi connectivity index (χ0n) is 16.3. The molecule has 2 aliphatic heterocycles. The first-order valence-corrected chi connectivity index (χ1v) is 10.1. The Labute approximate surface area is 165 Å². The number of aryl methyl sites for hydroxylation is 1. The average molecular weight is 375 g/mol. The molecular weight excluding hydrogens is 350 g/mol. The van der Waals surface area contributed by atoms with Crippen LogP contribution in [0.3, 0.4) is 0 Å². The van der Waals surface area contributed by atoms with Crippen molar-refractivity contribution >= 4 is 28.2 Å². The lowest BCUT2D eigenvalue weighted by Gasteiger charge is -2.36. The highest BCUT2D eigenvalue weighted by molar-refractivity contribution is 5.92. The first kappa shape index (κ1) is 17.2. The molecule has 4 heterocycles. The lowest BCUT2D eigenvalue weighted by molar-refractivity contribution is 0.643. The van der Waals surface area contributed by atoms with Crippen LogP contribution in [0.2, 0.25) is 0 Å². The number of nitrogens with zero attached hydrogens (tertiary/aromatic N) is 7. The molecule has 7 heteroatoms. The van der Waals surface area contributed by atoms with E-state index in [4.69, 9.17) is 0 Å². The number of anilines is 3. The molecule has 2 fully saturated rings. The highest BCUT2D eigenvalue weighted by atomic mass is 15.3. The standard InChI is InChI=1S/C21H25N7/c1-16-4-7-20(25-24-16)27-12-10-26(11-13-27)17-5-6-19-18(14-17)21(23-15-22-19)28-8-2-3-9-28/h4-7,14-15H,2-3,8-13H2,1H3. The van der Waals surface area contributed by atoms with Gasteiger partial charge in [-0.1, -0.05) is 0 Å². The topological polar surface area (TPSA) is 61.3 Å². The summed E-state index contributed by atoms with van der Waals surface area (Å²) in [6, 6.07) is 10.7. The van der Waals surface area contributed by atoms with Crippen LogP contribution in [0.15, 0.2) is 36.7 Å². The summed E-state index contributed by atoms with van der Waals surface area (Å²) < 4.78 is 0. The Kier molecular flexibility index (Phi) is 4.43. The second-order valence-electron chi connectivity index (χ2n) is 7.60. The van der Waals surface area contributed by atoms with E-state index in [1.807, 2.05) is 13.0 Å². The smallest absolute Gasteiger partial charge is 0.151 e. The second kappa shape index (κ2) is 7.22. The molecule has 0 unspecified atom stereocenters. The normalized spacial score (nSPS) is 17.5. The fourth-order valence-electron chi connectivity index (χ4n) is 4.16. The maximum absolute atomic E-state index is 4.61. The molecule has 2 aliphatic rings. The van der Waals surface area contributed by atoms with E-state index in [0.29, 0.717) is 0 Å². The largest absolute Gasteiger partial charge is 0.368 e. The van der Waals surface area contributed by atoms with Gasteiger partial charge < -0.3 is 14.7 Å². The van der Waals surface area contributed by atoms with Crippen LogP contribution in [0.4, 0.5) is 17.3 Å². The van der Waals surface area contributed by atoms with E-state index in [-0.39, 0.29) is 0 Å². The third-order valence-electron chi connectivity index (χ3n) is 5.76. The van der Waals surface area contributed by atoms with Crippen molar-refractivity contribution < 1.29 is 0 Å². The fraction of sp³-hybridized carbons (Fsp3) is 0.429. The summed E-state index contributed by atoms with van der Waals surface area (Å²) in [6.45, 7) is 7.97. The molecule has 1 aromatic carbocycles. The lowest BCUT2D eigenvalue weighted by Crippen LogP contribution is -2.46. The fourth-order valence-corrected chi connectivity index (χ4v) is 4.16. The molecule has 0 saturated carbocycles. The Morgan fingerprint density at radius 3 is 2.29 bits per heavy atom. The van der Waals surface area contributed by atoms with Crippen molar-refractivity contribution in [2.24, 2.45) is 0 Å². The third kappa shape index (κ3) is 3.21. The number of aromatic nitrogens is 4. The zero-order chi connectivity index (χ0) is 18.9. The Hall–Kier alpha value is -2.96. The van der Waals surface area contributed by atoms with Crippen LogP contribution in [-0.4, -0.2) is 59.4 Å². The second-order valence-corrected chi connectivity index (χ2v) is 7.60. The van der Waals surface area contributed by atoms with Gasteiger partial charge in [0.05, 0.1) is 11.2 Å². The number of rotatable bonds is 3. The Morgan fingerprint density at radius 1 is 0.750 bits per heavy atom. The summed E-state index contributed by atoms with van der Waals surface area (Å²) in [5, 5.41) is 9.68. The molecule has 0 spiro atoms. The minimum atomic E-state index is 0.944. The average Bonchev–Trinajstić information content (AvgIpc) is 3.28.